The van der Waals surface area contributed by atoms with Gasteiger partial charge in [-0.1, -0.05) is 13.0 Å². The first-order chi connectivity index (χ1) is 9.78. The number of nitrogens with one attached hydrogen (secondary N) is 1. The van der Waals surface area contributed by atoms with Crippen molar-refractivity contribution in [2.24, 2.45) is 0 Å². The molecule has 1 aliphatic carbocycles. The maximum Gasteiger partial charge on any atom is 0.0371 e. The summed E-state index contributed by atoms with van der Waals surface area (Å²) in [5.41, 5.74) is 4.34. The van der Waals surface area contributed by atoms with Crippen molar-refractivity contribution in [2.75, 3.05) is 11.4 Å². The maximum atomic E-state index is 3.62. The lowest BCUT2D eigenvalue weighted by Gasteiger charge is -2.37. The summed E-state index contributed by atoms with van der Waals surface area (Å²) < 4.78 is 0. The Hall–Kier alpha value is -1.02. The molecule has 3 rings (SSSR count). The number of piperidine rings is 1. The van der Waals surface area contributed by atoms with E-state index in [4.69, 9.17) is 0 Å². The van der Waals surface area contributed by atoms with E-state index in [0.717, 1.165) is 18.6 Å². The van der Waals surface area contributed by atoms with Gasteiger partial charge in [-0.3, -0.25) is 0 Å². The van der Waals surface area contributed by atoms with Crippen LogP contribution in [0.2, 0.25) is 0 Å². The predicted octanol–water partition coefficient (Wildman–Crippen LogP) is 4.02. The van der Waals surface area contributed by atoms with Gasteiger partial charge in [0.1, 0.15) is 0 Å². The summed E-state index contributed by atoms with van der Waals surface area (Å²) in [5.74, 6) is 0. The van der Waals surface area contributed by atoms with Crippen molar-refractivity contribution >= 4 is 5.69 Å². The third-order valence-corrected chi connectivity index (χ3v) is 4.91. The van der Waals surface area contributed by atoms with E-state index in [-0.39, 0.29) is 0 Å². The van der Waals surface area contributed by atoms with Crippen molar-refractivity contribution in [1.29, 1.82) is 0 Å². The maximum absolute atomic E-state index is 3.62. The summed E-state index contributed by atoms with van der Waals surface area (Å²) in [6.45, 7) is 6.85. The SMILES string of the molecule is CCC1CCCCN1c1ccc(CNC2CC2)c(C)c1. The highest BCUT2D eigenvalue weighted by atomic mass is 15.2. The molecule has 1 aliphatic heterocycles. The molecule has 1 saturated carbocycles. The fourth-order valence-electron chi connectivity index (χ4n) is 3.36. The Kier molecular flexibility index (Phi) is 4.30. The van der Waals surface area contributed by atoms with Crippen LogP contribution in [0.4, 0.5) is 5.69 Å². The molecule has 20 heavy (non-hydrogen) atoms. The number of benzene rings is 1. The molecule has 0 spiro atoms. The van der Waals surface area contributed by atoms with Crippen molar-refractivity contribution in [2.45, 2.75) is 71.0 Å². The quantitative estimate of drug-likeness (QED) is 0.871. The molecule has 1 N–H and O–H groups in total. The van der Waals surface area contributed by atoms with Crippen molar-refractivity contribution in [3.63, 3.8) is 0 Å². The highest BCUT2D eigenvalue weighted by molar-refractivity contribution is 5.52. The van der Waals surface area contributed by atoms with Crippen LogP contribution in [0.15, 0.2) is 18.2 Å². The number of rotatable bonds is 5. The number of aryl methyl sites for hydroxylation is 1. The minimum absolute atomic E-state index is 0.749. The van der Waals surface area contributed by atoms with E-state index in [0.29, 0.717) is 0 Å². The monoisotopic (exact) mass is 272 g/mol. The molecule has 2 aliphatic rings. The van der Waals surface area contributed by atoms with E-state index in [1.807, 2.05) is 0 Å². The topological polar surface area (TPSA) is 15.3 Å². The van der Waals surface area contributed by atoms with E-state index >= 15 is 0 Å². The highest BCUT2D eigenvalue weighted by Crippen LogP contribution is 2.28. The first-order valence-electron chi connectivity index (χ1n) is 8.37. The van der Waals surface area contributed by atoms with E-state index in [1.165, 1.54) is 61.9 Å². The summed E-state index contributed by atoms with van der Waals surface area (Å²) >= 11 is 0. The molecule has 1 aromatic carbocycles. The van der Waals surface area contributed by atoms with Crippen LogP contribution in [0.5, 0.6) is 0 Å². The second kappa shape index (κ2) is 6.17. The molecule has 0 radical (unpaired) electrons. The average Bonchev–Trinajstić information content (AvgIpc) is 3.30. The number of nitrogens with zero attached hydrogens (tertiary/aromatic N) is 1. The lowest BCUT2D eigenvalue weighted by atomic mass is 9.98. The minimum atomic E-state index is 0.749. The van der Waals surface area contributed by atoms with Crippen LogP contribution >= 0.6 is 0 Å². The minimum Gasteiger partial charge on any atom is -0.369 e. The van der Waals surface area contributed by atoms with Crippen molar-refractivity contribution in [3.05, 3.63) is 29.3 Å². The summed E-state index contributed by atoms with van der Waals surface area (Å²) in [6.07, 6.45) is 8.11. The molecule has 0 bridgehead atoms. The van der Waals surface area contributed by atoms with E-state index in [2.05, 4.69) is 42.3 Å². The predicted molar refractivity (Wildman–Crippen MR) is 86.3 cm³/mol. The van der Waals surface area contributed by atoms with Crippen LogP contribution in [-0.2, 0) is 6.54 Å². The molecule has 2 heteroatoms. The molecule has 0 aromatic heterocycles. The molecule has 1 atom stereocenters. The number of anilines is 1. The van der Waals surface area contributed by atoms with Gasteiger partial charge in [-0.25, -0.2) is 0 Å². The van der Waals surface area contributed by atoms with E-state index < -0.39 is 0 Å². The number of hydrogen-bond acceptors (Lipinski definition) is 2. The summed E-state index contributed by atoms with van der Waals surface area (Å²) in [6, 6.07) is 8.61. The van der Waals surface area contributed by atoms with Gasteiger partial charge in [-0.15, -0.1) is 0 Å². The Labute approximate surface area is 123 Å². The van der Waals surface area contributed by atoms with Gasteiger partial charge in [0, 0.05) is 30.9 Å². The Morgan fingerprint density at radius 2 is 2.05 bits per heavy atom. The van der Waals surface area contributed by atoms with Gasteiger partial charge in [-0.2, -0.15) is 0 Å². The zero-order chi connectivity index (χ0) is 13.9. The van der Waals surface area contributed by atoms with Crippen molar-refractivity contribution in [3.8, 4) is 0 Å². The zero-order valence-electron chi connectivity index (χ0n) is 13.0. The molecule has 1 unspecified atom stereocenters. The molecule has 1 saturated heterocycles. The normalized spacial score (nSPS) is 23.1. The van der Waals surface area contributed by atoms with E-state index in [9.17, 15) is 0 Å². The van der Waals surface area contributed by atoms with Crippen LogP contribution in [0, 0.1) is 6.92 Å². The number of hydrogen-bond donors (Lipinski definition) is 1. The second-order valence-electron chi connectivity index (χ2n) is 6.52. The standard InChI is InChI=1S/C18H28N2/c1-3-17-6-4-5-11-20(17)18-10-7-15(14(2)12-18)13-19-16-8-9-16/h7,10,12,16-17,19H,3-6,8-9,11,13H2,1-2H3. The van der Waals surface area contributed by atoms with Gasteiger partial charge in [0.05, 0.1) is 0 Å². The second-order valence-corrected chi connectivity index (χ2v) is 6.52. The van der Waals surface area contributed by atoms with Gasteiger partial charge >= 0.3 is 0 Å². The molecular weight excluding hydrogens is 244 g/mol. The van der Waals surface area contributed by atoms with Crippen molar-refractivity contribution < 1.29 is 0 Å². The molecule has 110 valence electrons. The smallest absolute Gasteiger partial charge is 0.0371 e. The first kappa shape index (κ1) is 13.9. The highest BCUT2D eigenvalue weighted by Gasteiger charge is 2.22. The van der Waals surface area contributed by atoms with Crippen LogP contribution in [0.25, 0.3) is 0 Å². The Morgan fingerprint density at radius 3 is 2.75 bits per heavy atom. The average molecular weight is 272 g/mol. The fourth-order valence-corrected chi connectivity index (χ4v) is 3.36. The molecule has 2 nitrogen and oxygen atoms in total. The first-order valence-corrected chi connectivity index (χ1v) is 8.37. The van der Waals surface area contributed by atoms with Crippen LogP contribution in [0.3, 0.4) is 0 Å². The van der Waals surface area contributed by atoms with Crippen LogP contribution in [-0.4, -0.2) is 18.6 Å². The Balaban J connectivity index is 1.70. The van der Waals surface area contributed by atoms with E-state index in [1.54, 1.807) is 0 Å². The third kappa shape index (κ3) is 3.17. The fraction of sp³-hybridized carbons (Fsp3) is 0.667. The van der Waals surface area contributed by atoms with Gasteiger partial charge in [-0.05, 0) is 68.7 Å². The molecule has 0 amide bonds. The zero-order valence-corrected chi connectivity index (χ0v) is 13.0. The Morgan fingerprint density at radius 1 is 1.20 bits per heavy atom. The Bertz CT molecular complexity index is 451. The third-order valence-electron chi connectivity index (χ3n) is 4.91. The molecular formula is C18H28N2. The van der Waals surface area contributed by atoms with Gasteiger partial charge < -0.3 is 10.2 Å². The van der Waals surface area contributed by atoms with Crippen LogP contribution < -0.4 is 10.2 Å². The van der Waals surface area contributed by atoms with Crippen LogP contribution in [0.1, 0.15) is 56.6 Å². The molecule has 1 heterocycles. The lowest BCUT2D eigenvalue weighted by Crippen LogP contribution is -2.39. The van der Waals surface area contributed by atoms with Gasteiger partial charge in [0.25, 0.3) is 0 Å². The summed E-state index contributed by atoms with van der Waals surface area (Å²) in [5, 5.41) is 3.62. The van der Waals surface area contributed by atoms with Gasteiger partial charge in [0.15, 0.2) is 0 Å². The van der Waals surface area contributed by atoms with Gasteiger partial charge in [0.2, 0.25) is 0 Å². The lowest BCUT2D eigenvalue weighted by molar-refractivity contribution is 0.450. The molecule has 1 aromatic rings. The van der Waals surface area contributed by atoms with Crippen molar-refractivity contribution in [1.82, 2.24) is 5.32 Å². The summed E-state index contributed by atoms with van der Waals surface area (Å²) in [4.78, 5) is 2.63. The summed E-state index contributed by atoms with van der Waals surface area (Å²) in [7, 11) is 0. The largest absolute Gasteiger partial charge is 0.369 e. The molecule has 2 fully saturated rings.